The summed E-state index contributed by atoms with van der Waals surface area (Å²) in [6, 6.07) is 2.60. The molecule has 25 heavy (non-hydrogen) atoms. The minimum absolute atomic E-state index is 0. The van der Waals surface area contributed by atoms with E-state index in [0.717, 1.165) is 71.4 Å². The molecular weight excluding hydrogens is 431 g/mol. The monoisotopic (exact) mass is 462 g/mol. The first kappa shape index (κ1) is 20.4. The standard InChI is InChI=1S/C17H30N6O.HI/c1-2-18-17(19-6-3-8-23-9-4-7-20-23)22-10-5-16(15-22)21-11-13-24-14-12-21;/h4,7,9,16H,2-3,5-6,8,10-15H2,1H3,(H,18,19);1H. The molecule has 1 unspecified atom stereocenters. The molecule has 1 aromatic rings. The van der Waals surface area contributed by atoms with Gasteiger partial charge in [0.05, 0.1) is 13.2 Å². The number of likely N-dealkylation sites (tertiary alicyclic amines) is 1. The van der Waals surface area contributed by atoms with E-state index in [1.165, 1.54) is 6.42 Å². The van der Waals surface area contributed by atoms with E-state index in [1.807, 2.05) is 23.1 Å². The van der Waals surface area contributed by atoms with Crippen molar-refractivity contribution in [2.75, 3.05) is 52.5 Å². The van der Waals surface area contributed by atoms with Gasteiger partial charge in [-0.05, 0) is 25.8 Å². The molecule has 7 nitrogen and oxygen atoms in total. The van der Waals surface area contributed by atoms with Crippen LogP contribution in [0.25, 0.3) is 0 Å². The van der Waals surface area contributed by atoms with E-state index < -0.39 is 0 Å². The van der Waals surface area contributed by atoms with Crippen molar-refractivity contribution >= 4 is 29.9 Å². The van der Waals surface area contributed by atoms with Crippen LogP contribution in [0.4, 0.5) is 0 Å². The largest absolute Gasteiger partial charge is 0.379 e. The van der Waals surface area contributed by atoms with Gasteiger partial charge < -0.3 is 15.0 Å². The van der Waals surface area contributed by atoms with Gasteiger partial charge in [-0.25, -0.2) is 0 Å². The maximum absolute atomic E-state index is 5.47. The van der Waals surface area contributed by atoms with E-state index in [0.29, 0.717) is 6.04 Å². The normalized spacial score (nSPS) is 22.0. The second kappa shape index (κ2) is 11.0. The number of ether oxygens (including phenoxy) is 1. The van der Waals surface area contributed by atoms with Gasteiger partial charge >= 0.3 is 0 Å². The zero-order valence-corrected chi connectivity index (χ0v) is 17.5. The van der Waals surface area contributed by atoms with Crippen molar-refractivity contribution in [3.05, 3.63) is 18.5 Å². The van der Waals surface area contributed by atoms with E-state index in [1.54, 1.807) is 0 Å². The molecule has 142 valence electrons. The van der Waals surface area contributed by atoms with Crippen LogP contribution in [0.2, 0.25) is 0 Å². The quantitative estimate of drug-likeness (QED) is 0.299. The van der Waals surface area contributed by atoms with Gasteiger partial charge in [-0.15, -0.1) is 24.0 Å². The number of aliphatic imine (C=N–C) groups is 1. The van der Waals surface area contributed by atoms with Gasteiger partial charge in [0, 0.05) is 64.2 Å². The summed E-state index contributed by atoms with van der Waals surface area (Å²) in [5.41, 5.74) is 0. The van der Waals surface area contributed by atoms with E-state index >= 15 is 0 Å². The molecule has 0 spiro atoms. The van der Waals surface area contributed by atoms with Gasteiger partial charge in [-0.2, -0.15) is 5.10 Å². The first-order valence-corrected chi connectivity index (χ1v) is 9.19. The molecule has 1 aromatic heterocycles. The Balaban J connectivity index is 0.00000225. The third kappa shape index (κ3) is 6.10. The highest BCUT2D eigenvalue weighted by molar-refractivity contribution is 14.0. The van der Waals surface area contributed by atoms with E-state index in [-0.39, 0.29) is 24.0 Å². The number of morpholine rings is 1. The molecule has 0 saturated carbocycles. The fourth-order valence-electron chi connectivity index (χ4n) is 3.45. The fourth-order valence-corrected chi connectivity index (χ4v) is 3.45. The Hall–Kier alpha value is -0.870. The lowest BCUT2D eigenvalue weighted by Gasteiger charge is -2.32. The van der Waals surface area contributed by atoms with Crippen LogP contribution in [0, 0.1) is 0 Å². The third-order valence-electron chi connectivity index (χ3n) is 4.73. The zero-order valence-electron chi connectivity index (χ0n) is 15.1. The first-order valence-electron chi connectivity index (χ1n) is 9.19. The summed E-state index contributed by atoms with van der Waals surface area (Å²) < 4.78 is 7.43. The van der Waals surface area contributed by atoms with Crippen molar-refractivity contribution in [2.24, 2.45) is 4.99 Å². The highest BCUT2D eigenvalue weighted by Gasteiger charge is 2.30. The molecule has 2 aliphatic heterocycles. The van der Waals surface area contributed by atoms with Gasteiger partial charge in [0.1, 0.15) is 0 Å². The second-order valence-electron chi connectivity index (χ2n) is 6.40. The average molecular weight is 462 g/mol. The predicted octanol–water partition coefficient (Wildman–Crippen LogP) is 1.26. The molecule has 0 aliphatic carbocycles. The summed E-state index contributed by atoms with van der Waals surface area (Å²) in [4.78, 5) is 9.81. The molecule has 3 heterocycles. The molecule has 0 amide bonds. The first-order chi connectivity index (χ1) is 11.9. The summed E-state index contributed by atoms with van der Waals surface area (Å²) in [5, 5.41) is 7.69. The lowest BCUT2D eigenvalue weighted by Crippen LogP contribution is -2.46. The van der Waals surface area contributed by atoms with Crippen LogP contribution in [0.3, 0.4) is 0 Å². The Bertz CT molecular complexity index is 503. The van der Waals surface area contributed by atoms with Crippen molar-refractivity contribution in [3.8, 4) is 0 Å². The molecule has 2 fully saturated rings. The highest BCUT2D eigenvalue weighted by atomic mass is 127. The average Bonchev–Trinajstić information content (AvgIpc) is 3.30. The number of aromatic nitrogens is 2. The van der Waals surface area contributed by atoms with Crippen LogP contribution in [-0.2, 0) is 11.3 Å². The van der Waals surface area contributed by atoms with Gasteiger partial charge in [0.15, 0.2) is 5.96 Å². The number of guanidine groups is 1. The third-order valence-corrected chi connectivity index (χ3v) is 4.73. The number of nitrogens with one attached hydrogen (secondary N) is 1. The Kier molecular flexibility index (Phi) is 8.97. The summed E-state index contributed by atoms with van der Waals surface area (Å²) in [5.74, 6) is 1.06. The Morgan fingerprint density at radius 2 is 2.16 bits per heavy atom. The Morgan fingerprint density at radius 1 is 1.32 bits per heavy atom. The zero-order chi connectivity index (χ0) is 16.6. The van der Waals surface area contributed by atoms with Crippen molar-refractivity contribution in [2.45, 2.75) is 32.4 Å². The summed E-state index contributed by atoms with van der Waals surface area (Å²) in [6.45, 7) is 10.8. The number of halogens is 1. The lowest BCUT2D eigenvalue weighted by atomic mass is 10.2. The van der Waals surface area contributed by atoms with Crippen molar-refractivity contribution < 1.29 is 4.74 Å². The lowest BCUT2D eigenvalue weighted by molar-refractivity contribution is 0.0195. The van der Waals surface area contributed by atoms with Crippen LogP contribution in [-0.4, -0.2) is 84.1 Å². The molecule has 2 saturated heterocycles. The summed E-state index contributed by atoms with van der Waals surface area (Å²) in [7, 11) is 0. The van der Waals surface area contributed by atoms with Crippen LogP contribution in [0.5, 0.6) is 0 Å². The van der Waals surface area contributed by atoms with E-state index in [4.69, 9.17) is 9.73 Å². The molecule has 1 N–H and O–H groups in total. The molecule has 3 rings (SSSR count). The number of rotatable bonds is 6. The topological polar surface area (TPSA) is 57.9 Å². The van der Waals surface area contributed by atoms with Crippen molar-refractivity contribution in [3.63, 3.8) is 0 Å². The number of nitrogens with zero attached hydrogens (tertiary/aromatic N) is 5. The van der Waals surface area contributed by atoms with E-state index in [2.05, 4.69) is 27.1 Å². The second-order valence-corrected chi connectivity index (χ2v) is 6.40. The molecule has 0 radical (unpaired) electrons. The minimum Gasteiger partial charge on any atom is -0.379 e. The van der Waals surface area contributed by atoms with E-state index in [9.17, 15) is 0 Å². The minimum atomic E-state index is 0. The maximum Gasteiger partial charge on any atom is 0.193 e. The molecular formula is C17H31IN6O. The van der Waals surface area contributed by atoms with Crippen LogP contribution in [0.1, 0.15) is 19.8 Å². The van der Waals surface area contributed by atoms with Gasteiger partial charge in [0.25, 0.3) is 0 Å². The molecule has 2 aliphatic rings. The number of hydrogen-bond acceptors (Lipinski definition) is 4. The van der Waals surface area contributed by atoms with Crippen LogP contribution in [0.15, 0.2) is 23.5 Å². The fraction of sp³-hybridized carbons (Fsp3) is 0.765. The Labute approximate surface area is 167 Å². The predicted molar refractivity (Wildman–Crippen MR) is 111 cm³/mol. The maximum atomic E-state index is 5.47. The molecule has 8 heteroatoms. The molecule has 1 atom stereocenters. The smallest absolute Gasteiger partial charge is 0.193 e. The molecule has 0 aromatic carbocycles. The number of aryl methyl sites for hydroxylation is 1. The summed E-state index contributed by atoms with van der Waals surface area (Å²) >= 11 is 0. The van der Waals surface area contributed by atoms with Gasteiger partial charge in [0.2, 0.25) is 0 Å². The summed E-state index contributed by atoms with van der Waals surface area (Å²) in [6.07, 6.45) is 6.06. The van der Waals surface area contributed by atoms with Crippen molar-refractivity contribution in [1.29, 1.82) is 0 Å². The van der Waals surface area contributed by atoms with Crippen LogP contribution >= 0.6 is 24.0 Å². The number of hydrogen-bond donors (Lipinski definition) is 1. The van der Waals surface area contributed by atoms with Crippen LogP contribution < -0.4 is 5.32 Å². The van der Waals surface area contributed by atoms with Gasteiger partial charge in [-0.1, -0.05) is 0 Å². The molecule has 0 bridgehead atoms. The SMILES string of the molecule is CCNC(=NCCCn1cccn1)N1CCC(N2CCOCC2)C1.I. The van der Waals surface area contributed by atoms with Crippen molar-refractivity contribution in [1.82, 2.24) is 24.9 Å². The Morgan fingerprint density at radius 3 is 2.88 bits per heavy atom. The highest BCUT2D eigenvalue weighted by Crippen LogP contribution is 2.17. The van der Waals surface area contributed by atoms with Gasteiger partial charge in [-0.3, -0.25) is 14.6 Å².